The lowest BCUT2D eigenvalue weighted by Gasteiger charge is -2.15. The Morgan fingerprint density at radius 3 is 2.42 bits per heavy atom. The Labute approximate surface area is 142 Å². The van der Waals surface area contributed by atoms with Gasteiger partial charge >= 0.3 is 6.09 Å². The van der Waals surface area contributed by atoms with Crippen LogP contribution >= 0.6 is 0 Å². The molecule has 0 radical (unpaired) electrons. The lowest BCUT2D eigenvalue weighted by molar-refractivity contribution is -0.117. The van der Waals surface area contributed by atoms with Crippen molar-refractivity contribution in [2.24, 2.45) is 0 Å². The first-order valence-electron chi connectivity index (χ1n) is 7.81. The van der Waals surface area contributed by atoms with E-state index in [1.54, 1.807) is 6.92 Å². The van der Waals surface area contributed by atoms with Crippen LogP contribution in [-0.4, -0.2) is 18.0 Å². The second-order valence-electron chi connectivity index (χ2n) is 5.72. The fourth-order valence-corrected chi connectivity index (χ4v) is 2.08. The highest BCUT2D eigenvalue weighted by molar-refractivity contribution is 5.96. The molecule has 2 N–H and O–H groups in total. The van der Waals surface area contributed by atoms with E-state index < -0.39 is 12.1 Å². The normalized spacial score (nSPS) is 11.5. The molecule has 5 heteroatoms. The van der Waals surface area contributed by atoms with Crippen molar-refractivity contribution in [2.75, 3.05) is 5.32 Å². The largest absolute Gasteiger partial charge is 0.445 e. The molecule has 24 heavy (non-hydrogen) atoms. The van der Waals surface area contributed by atoms with Crippen LogP contribution in [0.4, 0.5) is 10.5 Å². The predicted octanol–water partition coefficient (Wildman–Crippen LogP) is 3.56. The number of carbonyl (C=O) groups excluding carboxylic acids is 2. The first kappa shape index (κ1) is 17.5. The monoisotopic (exact) mass is 326 g/mol. The van der Waals surface area contributed by atoms with Crippen LogP contribution < -0.4 is 10.6 Å². The first-order valence-corrected chi connectivity index (χ1v) is 7.81. The molecule has 0 aliphatic heterocycles. The highest BCUT2D eigenvalue weighted by atomic mass is 16.5. The summed E-state index contributed by atoms with van der Waals surface area (Å²) >= 11 is 0. The first-order chi connectivity index (χ1) is 11.5. The third kappa shape index (κ3) is 5.12. The van der Waals surface area contributed by atoms with Crippen molar-refractivity contribution in [2.45, 2.75) is 33.4 Å². The van der Waals surface area contributed by atoms with Crippen molar-refractivity contribution in [1.82, 2.24) is 5.32 Å². The van der Waals surface area contributed by atoms with Crippen molar-refractivity contribution in [3.8, 4) is 0 Å². The molecular formula is C19H22N2O3. The quantitative estimate of drug-likeness (QED) is 0.883. The molecule has 0 saturated heterocycles. The third-order valence-corrected chi connectivity index (χ3v) is 3.71. The lowest BCUT2D eigenvalue weighted by Crippen LogP contribution is -2.41. The Balaban J connectivity index is 1.82. The molecule has 0 aliphatic rings. The van der Waals surface area contributed by atoms with Gasteiger partial charge in [0.15, 0.2) is 0 Å². The van der Waals surface area contributed by atoms with E-state index in [2.05, 4.69) is 10.6 Å². The topological polar surface area (TPSA) is 67.4 Å². The standard InChI is InChI=1S/C19H22N2O3/c1-13-9-10-17(11-14(13)2)21-18(22)15(3)20-19(23)24-12-16-7-5-4-6-8-16/h4-11,15H,12H2,1-3H3,(H,20,23)(H,21,22). The van der Waals surface area contributed by atoms with Gasteiger partial charge in [-0.2, -0.15) is 0 Å². The number of amides is 2. The van der Waals surface area contributed by atoms with E-state index in [1.807, 2.05) is 62.4 Å². The zero-order chi connectivity index (χ0) is 17.5. The number of carbonyl (C=O) groups is 2. The summed E-state index contributed by atoms with van der Waals surface area (Å²) in [6, 6.07) is 14.3. The van der Waals surface area contributed by atoms with Crippen LogP contribution in [0.1, 0.15) is 23.6 Å². The molecule has 1 unspecified atom stereocenters. The summed E-state index contributed by atoms with van der Waals surface area (Å²) in [5.74, 6) is -0.296. The van der Waals surface area contributed by atoms with Crippen molar-refractivity contribution in [1.29, 1.82) is 0 Å². The summed E-state index contributed by atoms with van der Waals surface area (Å²) in [6.45, 7) is 5.76. The highest BCUT2D eigenvalue weighted by Gasteiger charge is 2.16. The van der Waals surface area contributed by atoms with Gasteiger partial charge in [0, 0.05) is 5.69 Å². The minimum Gasteiger partial charge on any atom is -0.445 e. The summed E-state index contributed by atoms with van der Waals surface area (Å²) in [7, 11) is 0. The average Bonchev–Trinajstić information content (AvgIpc) is 2.57. The maximum Gasteiger partial charge on any atom is 0.408 e. The summed E-state index contributed by atoms with van der Waals surface area (Å²) in [4.78, 5) is 23.9. The van der Waals surface area contributed by atoms with Gasteiger partial charge in [0.05, 0.1) is 0 Å². The minimum absolute atomic E-state index is 0.165. The summed E-state index contributed by atoms with van der Waals surface area (Å²) < 4.78 is 5.10. The molecular weight excluding hydrogens is 304 g/mol. The summed E-state index contributed by atoms with van der Waals surface area (Å²) in [5, 5.41) is 5.30. The molecule has 0 bridgehead atoms. The van der Waals surface area contributed by atoms with Gasteiger partial charge in [-0.1, -0.05) is 36.4 Å². The maximum atomic E-state index is 12.1. The summed E-state index contributed by atoms with van der Waals surface area (Å²) in [6.07, 6.45) is -0.624. The molecule has 2 aromatic carbocycles. The van der Waals surface area contributed by atoms with Crippen LogP contribution in [0.25, 0.3) is 0 Å². The number of hydrogen-bond donors (Lipinski definition) is 2. The molecule has 0 saturated carbocycles. The Morgan fingerprint density at radius 1 is 1.04 bits per heavy atom. The van der Waals surface area contributed by atoms with Crippen LogP contribution in [0, 0.1) is 13.8 Å². The van der Waals surface area contributed by atoms with E-state index in [1.165, 1.54) is 0 Å². The van der Waals surface area contributed by atoms with E-state index in [0.717, 1.165) is 16.7 Å². The molecule has 0 aromatic heterocycles. The van der Waals surface area contributed by atoms with E-state index in [0.29, 0.717) is 5.69 Å². The Morgan fingerprint density at radius 2 is 1.75 bits per heavy atom. The van der Waals surface area contributed by atoms with Gasteiger partial charge in [-0.3, -0.25) is 4.79 Å². The Hall–Kier alpha value is -2.82. The number of benzene rings is 2. The molecule has 2 aromatic rings. The van der Waals surface area contributed by atoms with Crippen molar-refractivity contribution in [3.63, 3.8) is 0 Å². The van der Waals surface area contributed by atoms with Gasteiger partial charge in [0.2, 0.25) is 5.91 Å². The van der Waals surface area contributed by atoms with Gasteiger partial charge in [0.25, 0.3) is 0 Å². The number of nitrogens with one attached hydrogen (secondary N) is 2. The summed E-state index contributed by atoms with van der Waals surface area (Å²) in [5.41, 5.74) is 3.84. The Kier molecular flexibility index (Phi) is 5.95. The number of ether oxygens (including phenoxy) is 1. The molecule has 126 valence electrons. The fourth-order valence-electron chi connectivity index (χ4n) is 2.08. The third-order valence-electron chi connectivity index (χ3n) is 3.71. The molecule has 1 atom stereocenters. The molecule has 2 amide bonds. The van der Waals surface area contributed by atoms with Crippen LogP contribution in [0.3, 0.4) is 0 Å². The van der Waals surface area contributed by atoms with Crippen LogP contribution in [0.15, 0.2) is 48.5 Å². The van der Waals surface area contributed by atoms with Crippen molar-refractivity contribution in [3.05, 3.63) is 65.2 Å². The van der Waals surface area contributed by atoms with Gasteiger partial charge in [-0.05, 0) is 49.6 Å². The molecule has 0 aliphatic carbocycles. The van der Waals surface area contributed by atoms with Crippen LogP contribution in [0.2, 0.25) is 0 Å². The van der Waals surface area contributed by atoms with Gasteiger partial charge in [0.1, 0.15) is 12.6 Å². The highest BCUT2D eigenvalue weighted by Crippen LogP contribution is 2.14. The van der Waals surface area contributed by atoms with E-state index in [4.69, 9.17) is 4.74 Å². The lowest BCUT2D eigenvalue weighted by atomic mass is 10.1. The molecule has 2 rings (SSSR count). The smallest absolute Gasteiger partial charge is 0.408 e. The number of aryl methyl sites for hydroxylation is 2. The average molecular weight is 326 g/mol. The van der Waals surface area contributed by atoms with Gasteiger partial charge in [-0.15, -0.1) is 0 Å². The van der Waals surface area contributed by atoms with Gasteiger partial charge in [-0.25, -0.2) is 4.79 Å². The predicted molar refractivity (Wildman–Crippen MR) is 93.8 cm³/mol. The molecule has 0 spiro atoms. The Bertz CT molecular complexity index is 714. The molecule has 0 heterocycles. The second-order valence-corrected chi connectivity index (χ2v) is 5.72. The van der Waals surface area contributed by atoms with E-state index >= 15 is 0 Å². The molecule has 0 fully saturated rings. The van der Waals surface area contributed by atoms with Crippen molar-refractivity contribution < 1.29 is 14.3 Å². The minimum atomic E-state index is -0.699. The van der Waals surface area contributed by atoms with E-state index in [-0.39, 0.29) is 12.5 Å². The van der Waals surface area contributed by atoms with E-state index in [9.17, 15) is 9.59 Å². The number of rotatable bonds is 5. The second kappa shape index (κ2) is 8.15. The fraction of sp³-hybridized carbons (Fsp3) is 0.263. The van der Waals surface area contributed by atoms with Crippen LogP contribution in [0.5, 0.6) is 0 Å². The zero-order valence-electron chi connectivity index (χ0n) is 14.1. The zero-order valence-corrected chi connectivity index (χ0v) is 14.1. The molecule has 5 nitrogen and oxygen atoms in total. The maximum absolute atomic E-state index is 12.1. The number of hydrogen-bond acceptors (Lipinski definition) is 3. The van der Waals surface area contributed by atoms with Crippen molar-refractivity contribution >= 4 is 17.7 Å². The van der Waals surface area contributed by atoms with Gasteiger partial charge < -0.3 is 15.4 Å². The SMILES string of the molecule is Cc1ccc(NC(=O)C(C)NC(=O)OCc2ccccc2)cc1C. The number of anilines is 1. The number of alkyl carbamates (subject to hydrolysis) is 1. The van der Waals surface area contributed by atoms with Crippen LogP contribution in [-0.2, 0) is 16.1 Å².